The van der Waals surface area contributed by atoms with Crippen molar-refractivity contribution in [1.29, 1.82) is 5.26 Å². The van der Waals surface area contributed by atoms with Gasteiger partial charge in [-0.15, -0.1) is 11.8 Å². The molecule has 5 nitrogen and oxygen atoms in total. The fourth-order valence-electron chi connectivity index (χ4n) is 1.58. The number of thioether (sulfide) groups is 1. The molecule has 1 aromatic heterocycles. The van der Waals surface area contributed by atoms with E-state index in [1.54, 1.807) is 37.1 Å². The summed E-state index contributed by atoms with van der Waals surface area (Å²) in [5.74, 6) is 0.00629. The molecular weight excluding hydrogens is 260 g/mol. The highest BCUT2D eigenvalue weighted by Crippen LogP contribution is 2.16. The molecule has 0 bridgehead atoms. The van der Waals surface area contributed by atoms with E-state index in [-0.39, 0.29) is 11.7 Å². The van der Waals surface area contributed by atoms with Gasteiger partial charge in [-0.2, -0.15) is 10.4 Å². The van der Waals surface area contributed by atoms with Crippen molar-refractivity contribution in [2.75, 3.05) is 11.6 Å². The number of rotatable bonds is 3. The molecule has 0 saturated carbocycles. The van der Waals surface area contributed by atoms with Gasteiger partial charge in [0.1, 0.15) is 11.6 Å². The molecule has 0 atom stereocenters. The van der Waals surface area contributed by atoms with Gasteiger partial charge in [-0.3, -0.25) is 9.48 Å². The fraction of sp³-hybridized carbons (Fsp3) is 0.154. The summed E-state index contributed by atoms with van der Waals surface area (Å²) >= 11 is 1.61. The number of nitrogens with one attached hydrogen (secondary N) is 1. The largest absolute Gasteiger partial charge is 0.304 e. The maximum atomic E-state index is 12.0. The molecule has 0 fully saturated rings. The lowest BCUT2D eigenvalue weighted by Gasteiger charge is -2.03. The Balaban J connectivity index is 2.18. The highest BCUT2D eigenvalue weighted by molar-refractivity contribution is 7.98. The van der Waals surface area contributed by atoms with Crippen molar-refractivity contribution in [3.8, 4) is 6.07 Å². The number of carbonyl (C=O) groups is 1. The standard InChI is InChI=1S/C13H12N4OS/c1-17-8-10(7-14)12(16-17)15-13(18)9-3-5-11(19-2)6-4-9/h3-6,8H,1-2H3,(H,15,16,18). The normalized spacial score (nSPS) is 9.95. The van der Waals surface area contributed by atoms with Crippen LogP contribution in [0.5, 0.6) is 0 Å². The number of hydrogen-bond acceptors (Lipinski definition) is 4. The molecule has 1 aromatic carbocycles. The molecule has 0 radical (unpaired) electrons. The van der Waals surface area contributed by atoms with Crippen LogP contribution in [0.15, 0.2) is 35.4 Å². The Morgan fingerprint density at radius 3 is 2.68 bits per heavy atom. The summed E-state index contributed by atoms with van der Waals surface area (Å²) in [5, 5.41) is 15.6. The monoisotopic (exact) mass is 272 g/mol. The van der Waals surface area contributed by atoms with Crippen LogP contribution < -0.4 is 5.32 Å². The van der Waals surface area contributed by atoms with Crippen LogP contribution in [-0.4, -0.2) is 21.9 Å². The Labute approximate surface area is 115 Å². The molecule has 0 unspecified atom stereocenters. The first-order chi connectivity index (χ1) is 9.13. The van der Waals surface area contributed by atoms with E-state index in [2.05, 4.69) is 10.4 Å². The van der Waals surface area contributed by atoms with E-state index in [1.165, 1.54) is 4.68 Å². The quantitative estimate of drug-likeness (QED) is 0.870. The minimum absolute atomic E-state index is 0.275. The van der Waals surface area contributed by atoms with E-state index in [0.29, 0.717) is 11.1 Å². The predicted octanol–water partition coefficient (Wildman–Crippen LogP) is 2.27. The van der Waals surface area contributed by atoms with Gasteiger partial charge in [0.05, 0.1) is 0 Å². The van der Waals surface area contributed by atoms with Crippen LogP contribution in [0.25, 0.3) is 0 Å². The fourth-order valence-corrected chi connectivity index (χ4v) is 1.99. The van der Waals surface area contributed by atoms with Gasteiger partial charge in [0.15, 0.2) is 5.82 Å². The summed E-state index contributed by atoms with van der Waals surface area (Å²) in [6.07, 6.45) is 3.54. The van der Waals surface area contributed by atoms with Gasteiger partial charge in [-0.05, 0) is 30.5 Å². The Bertz CT molecular complexity index is 640. The molecular formula is C13H12N4OS. The van der Waals surface area contributed by atoms with Crippen LogP contribution in [0, 0.1) is 11.3 Å². The number of nitrogens with zero attached hydrogens (tertiary/aromatic N) is 3. The molecule has 0 aliphatic carbocycles. The van der Waals surface area contributed by atoms with Gasteiger partial charge in [0, 0.05) is 23.7 Å². The first-order valence-electron chi connectivity index (χ1n) is 5.53. The lowest BCUT2D eigenvalue weighted by atomic mass is 10.2. The number of carbonyl (C=O) groups excluding carboxylic acids is 1. The van der Waals surface area contributed by atoms with E-state index < -0.39 is 0 Å². The summed E-state index contributed by atoms with van der Waals surface area (Å²) < 4.78 is 1.49. The third kappa shape index (κ3) is 2.95. The maximum absolute atomic E-state index is 12.0. The lowest BCUT2D eigenvalue weighted by Crippen LogP contribution is -2.13. The average Bonchev–Trinajstić information content (AvgIpc) is 2.78. The predicted molar refractivity (Wildman–Crippen MR) is 74.1 cm³/mol. The molecule has 19 heavy (non-hydrogen) atoms. The van der Waals surface area contributed by atoms with Crippen LogP contribution in [0.4, 0.5) is 5.82 Å². The Morgan fingerprint density at radius 1 is 1.42 bits per heavy atom. The van der Waals surface area contributed by atoms with Crippen LogP contribution >= 0.6 is 11.8 Å². The molecule has 6 heteroatoms. The summed E-state index contributed by atoms with van der Waals surface area (Å²) in [6.45, 7) is 0. The number of benzene rings is 1. The first kappa shape index (κ1) is 13.2. The molecule has 0 spiro atoms. The number of anilines is 1. The van der Waals surface area contributed by atoms with Crippen molar-refractivity contribution in [3.05, 3.63) is 41.6 Å². The van der Waals surface area contributed by atoms with E-state index in [0.717, 1.165) is 4.90 Å². The van der Waals surface area contributed by atoms with E-state index in [9.17, 15) is 4.79 Å². The Kier molecular flexibility index (Phi) is 3.88. The molecule has 96 valence electrons. The van der Waals surface area contributed by atoms with Crippen molar-refractivity contribution < 1.29 is 4.79 Å². The highest BCUT2D eigenvalue weighted by Gasteiger charge is 2.12. The summed E-state index contributed by atoms with van der Waals surface area (Å²) in [4.78, 5) is 13.1. The van der Waals surface area contributed by atoms with Crippen LogP contribution in [0.2, 0.25) is 0 Å². The summed E-state index contributed by atoms with van der Waals surface area (Å²) in [5.41, 5.74) is 0.879. The van der Waals surface area contributed by atoms with Gasteiger partial charge in [0.25, 0.3) is 5.91 Å². The Morgan fingerprint density at radius 2 is 2.11 bits per heavy atom. The second-order valence-corrected chi connectivity index (χ2v) is 4.74. The minimum atomic E-state index is -0.275. The third-order valence-electron chi connectivity index (χ3n) is 2.53. The average molecular weight is 272 g/mol. The SMILES string of the molecule is CSc1ccc(C(=O)Nc2nn(C)cc2C#N)cc1. The van der Waals surface area contributed by atoms with Crippen molar-refractivity contribution in [2.24, 2.45) is 7.05 Å². The molecule has 1 heterocycles. The van der Waals surface area contributed by atoms with Gasteiger partial charge < -0.3 is 5.32 Å². The second kappa shape index (κ2) is 5.59. The summed E-state index contributed by atoms with van der Waals surface area (Å²) in [7, 11) is 1.70. The van der Waals surface area contributed by atoms with Gasteiger partial charge >= 0.3 is 0 Å². The smallest absolute Gasteiger partial charge is 0.256 e. The number of nitriles is 1. The zero-order chi connectivity index (χ0) is 13.8. The van der Waals surface area contributed by atoms with Crippen molar-refractivity contribution >= 4 is 23.5 Å². The number of amides is 1. The highest BCUT2D eigenvalue weighted by atomic mass is 32.2. The van der Waals surface area contributed by atoms with Crippen LogP contribution in [0.3, 0.4) is 0 Å². The van der Waals surface area contributed by atoms with Crippen LogP contribution in [0.1, 0.15) is 15.9 Å². The second-order valence-electron chi connectivity index (χ2n) is 3.86. The topological polar surface area (TPSA) is 70.7 Å². The molecule has 1 amide bonds. The zero-order valence-electron chi connectivity index (χ0n) is 10.5. The number of aryl methyl sites for hydroxylation is 1. The van der Waals surface area contributed by atoms with Crippen LogP contribution in [-0.2, 0) is 7.05 Å². The van der Waals surface area contributed by atoms with Gasteiger partial charge in [0.2, 0.25) is 0 Å². The molecule has 0 saturated heterocycles. The van der Waals surface area contributed by atoms with E-state index >= 15 is 0 Å². The molecule has 2 rings (SSSR count). The van der Waals surface area contributed by atoms with Crippen molar-refractivity contribution in [3.63, 3.8) is 0 Å². The number of aromatic nitrogens is 2. The van der Waals surface area contributed by atoms with Crippen molar-refractivity contribution in [1.82, 2.24) is 9.78 Å². The Hall–Kier alpha value is -2.26. The molecule has 1 N–H and O–H groups in total. The van der Waals surface area contributed by atoms with E-state index in [1.807, 2.05) is 24.5 Å². The lowest BCUT2D eigenvalue weighted by molar-refractivity contribution is 0.102. The summed E-state index contributed by atoms with van der Waals surface area (Å²) in [6, 6.07) is 9.24. The van der Waals surface area contributed by atoms with Gasteiger partial charge in [-0.25, -0.2) is 0 Å². The molecule has 0 aliphatic rings. The van der Waals surface area contributed by atoms with E-state index in [4.69, 9.17) is 5.26 Å². The minimum Gasteiger partial charge on any atom is -0.304 e. The van der Waals surface area contributed by atoms with Crippen molar-refractivity contribution in [2.45, 2.75) is 4.90 Å². The first-order valence-corrected chi connectivity index (χ1v) is 6.75. The van der Waals surface area contributed by atoms with Gasteiger partial charge in [-0.1, -0.05) is 0 Å². The maximum Gasteiger partial charge on any atom is 0.256 e. The third-order valence-corrected chi connectivity index (χ3v) is 3.28. The molecule has 0 aliphatic heterocycles. The number of hydrogen-bond donors (Lipinski definition) is 1. The zero-order valence-corrected chi connectivity index (χ0v) is 11.4. The molecule has 2 aromatic rings.